The molecule has 0 aliphatic rings. The fourth-order valence-electron chi connectivity index (χ4n) is 7.62. The van der Waals surface area contributed by atoms with Gasteiger partial charge in [-0.1, -0.05) is 202 Å². The Bertz CT molecular complexity index is 1370. The maximum absolute atomic E-state index is 12.8. The SMILES string of the molecule is CC/C=C/C/C=C/C/C=C/C/C=C/C/C=C/CCCCCCCCCC(=O)OCC(COCCC(C(=O)[O-])[N+](C)(C)C)OC(=O)CCCCCCCCCCCC/C=C/C=C/CCCCCC. The molecular weight excluding hydrogens is 835 g/mol. The second kappa shape index (κ2) is 48.9. The number of ether oxygens (including phenoxy) is 3. The van der Waals surface area contributed by atoms with Gasteiger partial charge in [-0.3, -0.25) is 9.59 Å². The number of carbonyl (C=O) groups excluding carboxylic acids is 3. The van der Waals surface area contributed by atoms with Gasteiger partial charge in [0.05, 0.1) is 40.3 Å². The van der Waals surface area contributed by atoms with E-state index < -0.39 is 18.1 Å². The highest BCUT2D eigenvalue weighted by Gasteiger charge is 2.25. The number of hydrogen-bond acceptors (Lipinski definition) is 7. The summed E-state index contributed by atoms with van der Waals surface area (Å²) in [6.45, 7) is 4.53. The Morgan fingerprint density at radius 2 is 0.881 bits per heavy atom. The van der Waals surface area contributed by atoms with Crippen LogP contribution in [0.2, 0.25) is 0 Å². The van der Waals surface area contributed by atoms with Crippen LogP contribution in [0, 0.1) is 0 Å². The first-order chi connectivity index (χ1) is 32.6. The molecule has 8 heteroatoms. The third-order valence-corrected chi connectivity index (χ3v) is 11.8. The molecule has 0 saturated carbocycles. The van der Waals surface area contributed by atoms with Crippen LogP contribution in [0.15, 0.2) is 85.1 Å². The van der Waals surface area contributed by atoms with E-state index in [-0.39, 0.29) is 42.7 Å². The normalized spacial score (nSPS) is 13.5. The first-order valence-electron chi connectivity index (χ1n) is 27.1. The third kappa shape index (κ3) is 47.4. The van der Waals surface area contributed by atoms with Gasteiger partial charge in [0.25, 0.3) is 0 Å². The van der Waals surface area contributed by atoms with Crippen molar-refractivity contribution in [2.45, 2.75) is 231 Å². The molecule has 8 nitrogen and oxygen atoms in total. The van der Waals surface area contributed by atoms with Crippen LogP contribution in [0.25, 0.3) is 0 Å². The van der Waals surface area contributed by atoms with E-state index in [9.17, 15) is 19.5 Å². The van der Waals surface area contributed by atoms with Crippen molar-refractivity contribution in [3.8, 4) is 0 Å². The number of unbranched alkanes of at least 4 members (excludes halogenated alkanes) is 21. The maximum Gasteiger partial charge on any atom is 0.306 e. The molecule has 0 bridgehead atoms. The largest absolute Gasteiger partial charge is 0.544 e. The lowest BCUT2D eigenvalue weighted by Gasteiger charge is -2.34. The predicted octanol–water partition coefficient (Wildman–Crippen LogP) is 14.7. The molecule has 0 N–H and O–H groups in total. The van der Waals surface area contributed by atoms with Crippen molar-refractivity contribution in [3.05, 3.63) is 85.1 Å². The van der Waals surface area contributed by atoms with Gasteiger partial charge in [0.15, 0.2) is 6.10 Å². The molecule has 2 unspecified atom stereocenters. The van der Waals surface area contributed by atoms with E-state index in [1.54, 1.807) is 21.1 Å². The first kappa shape index (κ1) is 63.5. The number of nitrogens with zero attached hydrogens (tertiary/aromatic N) is 1. The van der Waals surface area contributed by atoms with Gasteiger partial charge < -0.3 is 28.6 Å². The number of carbonyl (C=O) groups is 3. The van der Waals surface area contributed by atoms with Crippen LogP contribution in [0.5, 0.6) is 0 Å². The highest BCUT2D eigenvalue weighted by atomic mass is 16.6. The molecule has 67 heavy (non-hydrogen) atoms. The third-order valence-electron chi connectivity index (χ3n) is 11.8. The van der Waals surface area contributed by atoms with Crippen molar-refractivity contribution < 1.29 is 38.2 Å². The van der Waals surface area contributed by atoms with E-state index in [2.05, 4.69) is 98.9 Å². The average molecular weight is 936 g/mol. The number of quaternary nitrogens is 1. The molecule has 0 aliphatic carbocycles. The second-order valence-corrected chi connectivity index (χ2v) is 19.1. The number of carboxylic acid groups (broad SMARTS) is 1. The second-order valence-electron chi connectivity index (χ2n) is 19.1. The topological polar surface area (TPSA) is 102 Å². The Hall–Kier alpha value is -3.49. The minimum absolute atomic E-state index is 0.0321. The Morgan fingerprint density at radius 3 is 1.33 bits per heavy atom. The summed E-state index contributed by atoms with van der Waals surface area (Å²) in [5.41, 5.74) is 0. The number of likely N-dealkylation sites (N-methyl/N-ethyl adjacent to an activating group) is 1. The molecule has 0 amide bonds. The summed E-state index contributed by atoms with van der Waals surface area (Å²) in [6.07, 6.45) is 64.7. The fraction of sp³-hybridized carbons (Fsp3) is 0.712. The Labute approximate surface area is 412 Å². The number of allylic oxidation sites excluding steroid dienone is 14. The van der Waals surface area contributed by atoms with Crippen LogP contribution in [-0.2, 0) is 28.6 Å². The molecule has 0 spiro atoms. The van der Waals surface area contributed by atoms with Crippen molar-refractivity contribution in [1.29, 1.82) is 0 Å². The fourth-order valence-corrected chi connectivity index (χ4v) is 7.62. The summed E-state index contributed by atoms with van der Waals surface area (Å²) in [5.74, 6) is -1.75. The van der Waals surface area contributed by atoms with Crippen LogP contribution < -0.4 is 5.11 Å². The van der Waals surface area contributed by atoms with Crippen LogP contribution in [0.3, 0.4) is 0 Å². The van der Waals surface area contributed by atoms with Gasteiger partial charge in [-0.05, 0) is 83.5 Å². The number of esters is 2. The van der Waals surface area contributed by atoms with Gasteiger partial charge in [-0.25, -0.2) is 0 Å². The number of rotatable bonds is 48. The molecule has 0 aromatic carbocycles. The number of carboxylic acids is 1. The summed E-state index contributed by atoms with van der Waals surface area (Å²) in [4.78, 5) is 37.1. The zero-order chi connectivity index (χ0) is 49.2. The van der Waals surface area contributed by atoms with E-state index in [0.29, 0.717) is 12.8 Å². The van der Waals surface area contributed by atoms with E-state index in [4.69, 9.17) is 14.2 Å². The van der Waals surface area contributed by atoms with E-state index in [0.717, 1.165) is 77.0 Å². The van der Waals surface area contributed by atoms with Crippen LogP contribution in [-0.4, -0.2) is 75.5 Å². The van der Waals surface area contributed by atoms with Gasteiger partial charge in [0, 0.05) is 19.3 Å². The van der Waals surface area contributed by atoms with Gasteiger partial charge in [0.2, 0.25) is 0 Å². The van der Waals surface area contributed by atoms with Gasteiger partial charge in [-0.2, -0.15) is 0 Å². The highest BCUT2D eigenvalue weighted by molar-refractivity contribution is 5.70. The highest BCUT2D eigenvalue weighted by Crippen LogP contribution is 2.15. The molecule has 0 fully saturated rings. The molecule has 2 atom stereocenters. The minimum Gasteiger partial charge on any atom is -0.544 e. The Kier molecular flexibility index (Phi) is 46.4. The van der Waals surface area contributed by atoms with Crippen LogP contribution in [0.4, 0.5) is 0 Å². The molecule has 0 aromatic rings. The van der Waals surface area contributed by atoms with E-state index in [1.807, 2.05) is 0 Å². The quantitative estimate of drug-likeness (QED) is 0.0197. The monoisotopic (exact) mass is 936 g/mol. The lowest BCUT2D eigenvalue weighted by Crippen LogP contribution is -2.55. The maximum atomic E-state index is 12.8. The van der Waals surface area contributed by atoms with Crippen LogP contribution in [0.1, 0.15) is 219 Å². The van der Waals surface area contributed by atoms with Crippen molar-refractivity contribution in [3.63, 3.8) is 0 Å². The molecule has 384 valence electrons. The zero-order valence-corrected chi connectivity index (χ0v) is 43.8. The van der Waals surface area contributed by atoms with Crippen molar-refractivity contribution >= 4 is 17.9 Å². The zero-order valence-electron chi connectivity index (χ0n) is 43.8. The van der Waals surface area contributed by atoms with Crippen LogP contribution >= 0.6 is 0 Å². The molecular formula is C59H101NO7. The first-order valence-corrected chi connectivity index (χ1v) is 27.1. The lowest BCUT2D eigenvalue weighted by atomic mass is 10.1. The molecule has 0 rings (SSSR count). The van der Waals surface area contributed by atoms with Crippen molar-refractivity contribution in [2.75, 3.05) is 41.0 Å². The molecule has 0 aliphatic heterocycles. The number of aliphatic carboxylic acids is 1. The smallest absolute Gasteiger partial charge is 0.306 e. The minimum atomic E-state index is -1.13. The summed E-state index contributed by atoms with van der Waals surface area (Å²) >= 11 is 0. The Balaban J connectivity index is 4.25. The standard InChI is InChI=1S/C59H101NO7/c1-6-8-10-12-14-16-18-20-22-24-26-28-29-30-32-33-35-37-39-41-43-45-47-49-57(61)66-54-55(53-65-52-51-56(59(63)64)60(3,4)5)67-58(62)50-48-46-44-42-40-38-36-34-31-27-25-23-21-19-17-15-13-11-9-7-2/h8,10,14,16-17,19-23,26,28,30,32,55-56H,6-7,9,11-13,15,18,24-25,27,29,31,33-54H2,1-5H3/b10-8+,16-14+,19-17+,22-20+,23-21+,28-26+,32-30+. The molecule has 0 heterocycles. The van der Waals surface area contributed by atoms with Crippen molar-refractivity contribution in [1.82, 2.24) is 0 Å². The summed E-state index contributed by atoms with van der Waals surface area (Å²) < 4.78 is 17.3. The molecule has 0 aromatic heterocycles. The Morgan fingerprint density at radius 1 is 0.478 bits per heavy atom. The summed E-state index contributed by atoms with van der Waals surface area (Å²) in [6, 6.07) is -0.733. The van der Waals surface area contributed by atoms with E-state index >= 15 is 0 Å². The average Bonchev–Trinajstić information content (AvgIpc) is 3.29. The summed E-state index contributed by atoms with van der Waals surface area (Å²) in [7, 11) is 5.41. The molecule has 0 saturated heterocycles. The van der Waals surface area contributed by atoms with Gasteiger partial charge >= 0.3 is 11.9 Å². The lowest BCUT2D eigenvalue weighted by molar-refractivity contribution is -0.889. The summed E-state index contributed by atoms with van der Waals surface area (Å²) in [5, 5.41) is 11.7. The number of hydrogen-bond donors (Lipinski definition) is 0. The van der Waals surface area contributed by atoms with Gasteiger partial charge in [-0.15, -0.1) is 0 Å². The van der Waals surface area contributed by atoms with Gasteiger partial charge in [0.1, 0.15) is 12.6 Å². The predicted molar refractivity (Wildman–Crippen MR) is 282 cm³/mol. The van der Waals surface area contributed by atoms with E-state index in [1.165, 1.54) is 109 Å². The van der Waals surface area contributed by atoms with Crippen molar-refractivity contribution in [2.24, 2.45) is 0 Å². The molecule has 0 radical (unpaired) electrons.